The first-order chi connectivity index (χ1) is 16.7. The van der Waals surface area contributed by atoms with E-state index in [4.69, 9.17) is 4.98 Å². The summed E-state index contributed by atoms with van der Waals surface area (Å²) >= 11 is 0. The van der Waals surface area contributed by atoms with Crippen molar-refractivity contribution in [3.05, 3.63) is 92.2 Å². The highest BCUT2D eigenvalue weighted by Gasteiger charge is 2.25. The molecule has 0 radical (unpaired) electrons. The summed E-state index contributed by atoms with van der Waals surface area (Å²) in [7, 11) is 0. The number of halogens is 1. The van der Waals surface area contributed by atoms with E-state index in [0.717, 1.165) is 29.1 Å². The van der Waals surface area contributed by atoms with Gasteiger partial charge in [0.1, 0.15) is 17.5 Å². The van der Waals surface area contributed by atoms with Gasteiger partial charge in [0, 0.05) is 61.1 Å². The topological polar surface area (TPSA) is 92.5 Å². The van der Waals surface area contributed by atoms with Gasteiger partial charge >= 0.3 is 0 Å². The predicted octanol–water partition coefficient (Wildman–Crippen LogP) is 4.39. The Morgan fingerprint density at radius 2 is 1.86 bits per heavy atom. The van der Waals surface area contributed by atoms with E-state index in [1.807, 2.05) is 19.9 Å². The van der Waals surface area contributed by atoms with E-state index in [1.54, 1.807) is 30.0 Å². The summed E-state index contributed by atoms with van der Waals surface area (Å²) in [4.78, 5) is 37.2. The Morgan fingerprint density at radius 1 is 1.06 bits per heavy atom. The molecule has 1 aromatic heterocycles. The fourth-order valence-corrected chi connectivity index (χ4v) is 4.49. The molecule has 8 nitrogen and oxygen atoms in total. The Hall–Kier alpha value is -3.88. The van der Waals surface area contributed by atoms with E-state index in [2.05, 4.69) is 9.88 Å². The van der Waals surface area contributed by atoms with Crippen LogP contribution >= 0.6 is 0 Å². The maximum Gasteiger partial charge on any atom is 0.273 e. The molecule has 9 heteroatoms. The third-order valence-electron chi connectivity index (χ3n) is 6.31. The highest BCUT2D eigenvalue weighted by molar-refractivity contribution is 5.95. The highest BCUT2D eigenvalue weighted by Crippen LogP contribution is 2.26. The van der Waals surface area contributed by atoms with Gasteiger partial charge in [0.05, 0.1) is 4.92 Å². The number of carbonyl (C=O) groups is 1. The van der Waals surface area contributed by atoms with Crippen LogP contribution in [0.15, 0.2) is 42.5 Å². The van der Waals surface area contributed by atoms with Gasteiger partial charge in [-0.2, -0.15) is 0 Å². The quantitative estimate of drug-likeness (QED) is 0.400. The number of rotatable bonds is 5. The number of aryl methyl sites for hydroxylation is 3. The largest absolute Gasteiger partial charge is 0.354 e. The second-order valence-corrected chi connectivity index (χ2v) is 8.86. The lowest BCUT2D eigenvalue weighted by molar-refractivity contribution is -0.385. The zero-order valence-electron chi connectivity index (χ0n) is 20.1. The SMILES string of the molecule is Cc1nc(C)c(Cc2cccc(F)c2)c(N2CCCN(C(=O)c3ccc(C)c([N+](=O)[O-])c3)CC2)n1. The second-order valence-electron chi connectivity index (χ2n) is 8.86. The lowest BCUT2D eigenvalue weighted by Crippen LogP contribution is -2.35. The molecule has 4 rings (SSSR count). The first-order valence-electron chi connectivity index (χ1n) is 11.6. The molecule has 2 aromatic carbocycles. The van der Waals surface area contributed by atoms with Crippen molar-refractivity contribution in [3.8, 4) is 0 Å². The Labute approximate surface area is 203 Å². The van der Waals surface area contributed by atoms with Gasteiger partial charge in [-0.15, -0.1) is 0 Å². The number of amides is 1. The zero-order chi connectivity index (χ0) is 25.1. The molecule has 35 heavy (non-hydrogen) atoms. The summed E-state index contributed by atoms with van der Waals surface area (Å²) < 4.78 is 13.8. The first kappa shape index (κ1) is 24.3. The third-order valence-corrected chi connectivity index (χ3v) is 6.31. The van der Waals surface area contributed by atoms with Crippen LogP contribution in [0, 0.1) is 36.7 Å². The van der Waals surface area contributed by atoms with Gasteiger partial charge in [0.15, 0.2) is 0 Å². The molecule has 1 saturated heterocycles. The smallest absolute Gasteiger partial charge is 0.273 e. The van der Waals surface area contributed by atoms with Crippen LogP contribution in [0.3, 0.4) is 0 Å². The van der Waals surface area contributed by atoms with Gasteiger partial charge in [0.2, 0.25) is 0 Å². The van der Waals surface area contributed by atoms with Crippen molar-refractivity contribution in [2.45, 2.75) is 33.6 Å². The molecule has 0 aliphatic carbocycles. The first-order valence-corrected chi connectivity index (χ1v) is 11.6. The predicted molar refractivity (Wildman–Crippen MR) is 131 cm³/mol. The zero-order valence-corrected chi connectivity index (χ0v) is 20.1. The molecule has 3 aromatic rings. The Kier molecular flexibility index (Phi) is 7.04. The standard InChI is InChI=1S/C26H28FN5O3/c1-17-8-9-21(16-24(17)32(34)35)26(33)31-11-5-10-30(12-13-31)25-23(18(2)28-19(3)29-25)15-20-6-4-7-22(27)14-20/h4,6-9,14,16H,5,10-13,15H2,1-3H3. The number of nitro groups is 1. The van der Waals surface area contributed by atoms with E-state index in [0.29, 0.717) is 49.6 Å². The molecule has 0 saturated carbocycles. The molecule has 2 heterocycles. The Balaban J connectivity index is 1.56. The van der Waals surface area contributed by atoms with Crippen LogP contribution in [-0.4, -0.2) is 51.9 Å². The Morgan fingerprint density at radius 3 is 2.60 bits per heavy atom. The molecule has 0 unspecified atom stereocenters. The average Bonchev–Trinajstić information content (AvgIpc) is 3.07. The summed E-state index contributed by atoms with van der Waals surface area (Å²) in [5.41, 5.74) is 3.41. The summed E-state index contributed by atoms with van der Waals surface area (Å²) in [5, 5.41) is 11.3. The normalized spacial score (nSPS) is 14.1. The minimum atomic E-state index is -0.462. The van der Waals surface area contributed by atoms with E-state index >= 15 is 0 Å². The molecule has 0 atom stereocenters. The van der Waals surface area contributed by atoms with Crippen molar-refractivity contribution in [2.75, 3.05) is 31.1 Å². The number of hydrogen-bond acceptors (Lipinski definition) is 6. The van der Waals surface area contributed by atoms with E-state index in [9.17, 15) is 19.3 Å². The van der Waals surface area contributed by atoms with Crippen molar-refractivity contribution < 1.29 is 14.1 Å². The summed E-state index contributed by atoms with van der Waals surface area (Å²) in [5.74, 6) is 0.962. The maximum absolute atomic E-state index is 13.8. The average molecular weight is 478 g/mol. The molecule has 0 N–H and O–H groups in total. The fourth-order valence-electron chi connectivity index (χ4n) is 4.49. The Bertz CT molecular complexity index is 1280. The van der Waals surface area contributed by atoms with Gasteiger partial charge in [0.25, 0.3) is 11.6 Å². The van der Waals surface area contributed by atoms with Crippen LogP contribution in [0.2, 0.25) is 0 Å². The molecule has 1 amide bonds. The summed E-state index contributed by atoms with van der Waals surface area (Å²) in [6, 6.07) is 11.1. The monoisotopic (exact) mass is 477 g/mol. The van der Waals surface area contributed by atoms with E-state index in [1.165, 1.54) is 18.2 Å². The molecule has 0 spiro atoms. The summed E-state index contributed by atoms with van der Waals surface area (Å²) in [6.45, 7) is 7.70. The number of anilines is 1. The molecule has 0 bridgehead atoms. The van der Waals surface area contributed by atoms with Crippen LogP contribution in [0.25, 0.3) is 0 Å². The maximum atomic E-state index is 13.8. The van der Waals surface area contributed by atoms with Crippen molar-refractivity contribution >= 4 is 17.4 Å². The van der Waals surface area contributed by atoms with E-state index < -0.39 is 4.92 Å². The number of aromatic nitrogens is 2. The lowest BCUT2D eigenvalue weighted by Gasteiger charge is -2.26. The van der Waals surface area contributed by atoms with E-state index in [-0.39, 0.29) is 17.4 Å². The van der Waals surface area contributed by atoms with Crippen LogP contribution in [-0.2, 0) is 6.42 Å². The molecule has 1 aliphatic rings. The van der Waals surface area contributed by atoms with Gasteiger partial charge in [-0.3, -0.25) is 14.9 Å². The number of hydrogen-bond donors (Lipinski definition) is 0. The number of carbonyl (C=O) groups excluding carboxylic acids is 1. The molecule has 182 valence electrons. The van der Waals surface area contributed by atoms with Gasteiger partial charge in [-0.25, -0.2) is 14.4 Å². The highest BCUT2D eigenvalue weighted by atomic mass is 19.1. The molecule has 1 fully saturated rings. The number of benzene rings is 2. The molecular formula is C26H28FN5O3. The van der Waals surface area contributed by atoms with Crippen LogP contribution < -0.4 is 4.90 Å². The van der Waals surface area contributed by atoms with Crippen molar-refractivity contribution in [3.63, 3.8) is 0 Å². The summed E-state index contributed by atoms with van der Waals surface area (Å²) in [6.07, 6.45) is 1.23. The van der Waals surface area contributed by atoms with Crippen molar-refractivity contribution in [2.24, 2.45) is 0 Å². The second kappa shape index (κ2) is 10.2. The third kappa shape index (κ3) is 5.45. The van der Waals surface area contributed by atoms with Gasteiger partial charge in [-0.1, -0.05) is 18.2 Å². The molecular weight excluding hydrogens is 449 g/mol. The van der Waals surface area contributed by atoms with Crippen LogP contribution in [0.4, 0.5) is 15.9 Å². The van der Waals surface area contributed by atoms with Crippen molar-refractivity contribution in [1.82, 2.24) is 14.9 Å². The van der Waals surface area contributed by atoms with Gasteiger partial charge < -0.3 is 9.80 Å². The number of nitro benzene ring substituents is 1. The van der Waals surface area contributed by atoms with Gasteiger partial charge in [-0.05, 0) is 51.0 Å². The number of nitrogens with zero attached hydrogens (tertiary/aromatic N) is 5. The van der Waals surface area contributed by atoms with Crippen LogP contribution in [0.1, 0.15) is 45.0 Å². The fraction of sp³-hybridized carbons (Fsp3) is 0.346. The minimum Gasteiger partial charge on any atom is -0.354 e. The lowest BCUT2D eigenvalue weighted by atomic mass is 10.0. The van der Waals surface area contributed by atoms with Crippen molar-refractivity contribution in [1.29, 1.82) is 0 Å². The molecule has 1 aliphatic heterocycles. The minimum absolute atomic E-state index is 0.0544. The van der Waals surface area contributed by atoms with Crippen LogP contribution in [0.5, 0.6) is 0 Å².